The van der Waals surface area contributed by atoms with E-state index < -0.39 is 6.10 Å². The number of aryl methyl sites for hydroxylation is 1. The van der Waals surface area contributed by atoms with Gasteiger partial charge in [-0.25, -0.2) is 0 Å². The molecule has 1 rings (SSSR count). The van der Waals surface area contributed by atoms with Crippen LogP contribution >= 0.6 is 0 Å². The monoisotopic (exact) mass is 420 g/mol. The number of ether oxygens (including phenoxy) is 1. The number of rotatable bonds is 17. The topological polar surface area (TPSA) is 70.6 Å². The molecular weight excluding hydrogens is 376 g/mol. The second-order valence-corrected chi connectivity index (χ2v) is 8.52. The first-order valence-electron chi connectivity index (χ1n) is 11.9. The number of hydrogen-bond donors (Lipinski definition) is 3. The summed E-state index contributed by atoms with van der Waals surface area (Å²) in [5, 5.41) is 16.3. The maximum absolute atomic E-state index is 12.3. The number of nitrogens with one attached hydrogen (secondary N) is 2. The Kier molecular flexibility index (Phi) is 14.2. The fourth-order valence-corrected chi connectivity index (χ4v) is 3.35. The normalized spacial score (nSPS) is 12.2. The molecule has 1 unspecified atom stereocenters. The largest absolute Gasteiger partial charge is 0.491 e. The van der Waals surface area contributed by atoms with Crippen LogP contribution in [-0.4, -0.2) is 36.3 Å². The zero-order valence-corrected chi connectivity index (χ0v) is 19.6. The summed E-state index contributed by atoms with van der Waals surface area (Å²) in [4.78, 5) is 12.3. The van der Waals surface area contributed by atoms with Gasteiger partial charge in [0.05, 0.1) is 0 Å². The molecule has 0 bridgehead atoms. The minimum atomic E-state index is -0.553. The summed E-state index contributed by atoms with van der Waals surface area (Å²) in [5.41, 5.74) is 1.89. The van der Waals surface area contributed by atoms with Crippen molar-refractivity contribution >= 4 is 11.6 Å². The number of carbonyl (C=O) groups excluding carboxylic acids is 1. The van der Waals surface area contributed by atoms with Gasteiger partial charge in [0, 0.05) is 24.7 Å². The molecular formula is C25H44N2O3. The van der Waals surface area contributed by atoms with Crippen LogP contribution in [0.15, 0.2) is 18.2 Å². The summed E-state index contributed by atoms with van der Waals surface area (Å²) >= 11 is 0. The van der Waals surface area contributed by atoms with Gasteiger partial charge >= 0.3 is 0 Å². The van der Waals surface area contributed by atoms with Crippen molar-refractivity contribution in [2.45, 2.75) is 104 Å². The molecule has 0 fully saturated rings. The maximum Gasteiger partial charge on any atom is 0.224 e. The van der Waals surface area contributed by atoms with Gasteiger partial charge in [-0.15, -0.1) is 0 Å². The SMILES string of the molecule is CCCCCCCCCC(=O)Nc1ccc(OCC(O)CNC(C)C)c(CCC)c1. The van der Waals surface area contributed by atoms with Crippen molar-refractivity contribution in [2.75, 3.05) is 18.5 Å². The van der Waals surface area contributed by atoms with Crippen LogP contribution in [0.3, 0.4) is 0 Å². The Labute approximate surface area is 184 Å². The predicted molar refractivity (Wildman–Crippen MR) is 126 cm³/mol. The van der Waals surface area contributed by atoms with Crippen LogP contribution < -0.4 is 15.4 Å². The summed E-state index contributed by atoms with van der Waals surface area (Å²) in [6.45, 7) is 9.20. The molecule has 0 aliphatic heterocycles. The highest BCUT2D eigenvalue weighted by Crippen LogP contribution is 2.25. The quantitative estimate of drug-likeness (QED) is 0.293. The van der Waals surface area contributed by atoms with Gasteiger partial charge in [0.25, 0.3) is 0 Å². The number of benzene rings is 1. The molecule has 0 saturated heterocycles. The lowest BCUT2D eigenvalue weighted by Gasteiger charge is -2.17. The summed E-state index contributed by atoms with van der Waals surface area (Å²) in [5.74, 6) is 0.861. The second-order valence-electron chi connectivity index (χ2n) is 8.52. The number of unbranched alkanes of at least 4 members (excludes halogenated alkanes) is 6. The highest BCUT2D eigenvalue weighted by atomic mass is 16.5. The fourth-order valence-electron chi connectivity index (χ4n) is 3.35. The van der Waals surface area contributed by atoms with Gasteiger partial charge in [-0.05, 0) is 36.6 Å². The lowest BCUT2D eigenvalue weighted by molar-refractivity contribution is -0.116. The van der Waals surface area contributed by atoms with Crippen LogP contribution in [-0.2, 0) is 11.2 Å². The van der Waals surface area contributed by atoms with E-state index in [9.17, 15) is 9.90 Å². The van der Waals surface area contributed by atoms with Gasteiger partial charge in [-0.1, -0.05) is 72.6 Å². The second kappa shape index (κ2) is 16.1. The van der Waals surface area contributed by atoms with E-state index >= 15 is 0 Å². The van der Waals surface area contributed by atoms with Crippen molar-refractivity contribution in [3.05, 3.63) is 23.8 Å². The third-order valence-corrected chi connectivity index (χ3v) is 5.06. The zero-order valence-electron chi connectivity index (χ0n) is 19.6. The number of hydrogen-bond acceptors (Lipinski definition) is 4. The number of amides is 1. The Morgan fingerprint density at radius 1 is 1.03 bits per heavy atom. The van der Waals surface area contributed by atoms with Gasteiger partial charge in [0.1, 0.15) is 18.5 Å². The molecule has 0 spiro atoms. The fraction of sp³-hybridized carbons (Fsp3) is 0.720. The molecule has 1 aromatic rings. The lowest BCUT2D eigenvalue weighted by Crippen LogP contribution is -2.35. The molecule has 5 heteroatoms. The Hall–Kier alpha value is -1.59. The Morgan fingerprint density at radius 2 is 1.73 bits per heavy atom. The van der Waals surface area contributed by atoms with E-state index in [4.69, 9.17) is 4.74 Å². The first kappa shape index (κ1) is 26.4. The van der Waals surface area contributed by atoms with Crippen molar-refractivity contribution in [1.29, 1.82) is 0 Å². The number of aliphatic hydroxyl groups excluding tert-OH is 1. The van der Waals surface area contributed by atoms with Gasteiger partial charge in [0.15, 0.2) is 0 Å². The summed E-state index contributed by atoms with van der Waals surface area (Å²) < 4.78 is 5.86. The number of aliphatic hydroxyl groups is 1. The Bertz CT molecular complexity index is 590. The standard InChI is InChI=1S/C25H44N2O3/c1-5-7-8-9-10-11-12-14-25(29)27-22-15-16-24(21(17-22)13-6-2)30-19-23(28)18-26-20(3)4/h15-17,20,23,26,28H,5-14,18-19H2,1-4H3,(H,27,29). The van der Waals surface area contributed by atoms with Crippen LogP contribution in [0.25, 0.3) is 0 Å². The van der Waals surface area contributed by atoms with Crippen LogP contribution in [0, 0.1) is 0 Å². The van der Waals surface area contributed by atoms with Crippen LogP contribution in [0.2, 0.25) is 0 Å². The average Bonchev–Trinajstić information content (AvgIpc) is 2.71. The average molecular weight is 421 g/mol. The molecule has 0 heterocycles. The highest BCUT2D eigenvalue weighted by Gasteiger charge is 2.11. The van der Waals surface area contributed by atoms with Crippen LogP contribution in [0.4, 0.5) is 5.69 Å². The molecule has 0 saturated carbocycles. The van der Waals surface area contributed by atoms with E-state index in [0.29, 0.717) is 19.0 Å². The minimum absolute atomic E-state index is 0.0786. The molecule has 1 aromatic carbocycles. The third-order valence-electron chi connectivity index (χ3n) is 5.06. The van der Waals surface area contributed by atoms with Crippen molar-refractivity contribution in [3.8, 4) is 5.75 Å². The van der Waals surface area contributed by atoms with Crippen LogP contribution in [0.1, 0.15) is 91.0 Å². The molecule has 0 aliphatic carbocycles. The first-order chi connectivity index (χ1) is 14.5. The zero-order chi connectivity index (χ0) is 22.2. The minimum Gasteiger partial charge on any atom is -0.491 e. The van der Waals surface area contributed by atoms with Gasteiger partial charge < -0.3 is 20.5 Å². The molecule has 1 atom stereocenters. The Balaban J connectivity index is 2.46. The first-order valence-corrected chi connectivity index (χ1v) is 11.9. The lowest BCUT2D eigenvalue weighted by atomic mass is 10.1. The van der Waals surface area contributed by atoms with Gasteiger partial charge in [0.2, 0.25) is 5.91 Å². The van der Waals surface area contributed by atoms with E-state index in [1.807, 2.05) is 32.0 Å². The molecule has 5 nitrogen and oxygen atoms in total. The van der Waals surface area contributed by atoms with Crippen molar-refractivity contribution in [1.82, 2.24) is 5.32 Å². The van der Waals surface area contributed by atoms with E-state index in [-0.39, 0.29) is 12.5 Å². The molecule has 172 valence electrons. The van der Waals surface area contributed by atoms with Gasteiger partial charge in [-0.3, -0.25) is 4.79 Å². The number of anilines is 1. The van der Waals surface area contributed by atoms with Gasteiger partial charge in [-0.2, -0.15) is 0 Å². The maximum atomic E-state index is 12.3. The van der Waals surface area contributed by atoms with E-state index in [1.54, 1.807) is 0 Å². The summed E-state index contributed by atoms with van der Waals surface area (Å²) in [6.07, 6.45) is 10.3. The third kappa shape index (κ3) is 12.2. The predicted octanol–water partition coefficient (Wildman–Crippen LogP) is 5.46. The van der Waals surface area contributed by atoms with Crippen LogP contribution in [0.5, 0.6) is 5.75 Å². The van der Waals surface area contributed by atoms with E-state index in [1.165, 1.54) is 32.1 Å². The highest BCUT2D eigenvalue weighted by molar-refractivity contribution is 5.90. The summed E-state index contributed by atoms with van der Waals surface area (Å²) in [6, 6.07) is 6.12. The molecule has 0 aliphatic rings. The molecule has 1 amide bonds. The summed E-state index contributed by atoms with van der Waals surface area (Å²) in [7, 11) is 0. The molecule has 0 aromatic heterocycles. The van der Waals surface area contributed by atoms with E-state index in [0.717, 1.165) is 42.7 Å². The molecule has 3 N–H and O–H groups in total. The van der Waals surface area contributed by atoms with Crippen molar-refractivity contribution in [2.24, 2.45) is 0 Å². The smallest absolute Gasteiger partial charge is 0.224 e. The van der Waals surface area contributed by atoms with Crippen molar-refractivity contribution in [3.63, 3.8) is 0 Å². The molecule has 0 radical (unpaired) electrons. The number of carbonyl (C=O) groups is 1. The van der Waals surface area contributed by atoms with E-state index in [2.05, 4.69) is 24.5 Å². The molecule has 30 heavy (non-hydrogen) atoms. The van der Waals surface area contributed by atoms with Crippen molar-refractivity contribution < 1.29 is 14.6 Å². The Morgan fingerprint density at radius 3 is 2.40 bits per heavy atom.